The minimum absolute atomic E-state index is 0.0375. The smallest absolute Gasteiger partial charge is 0.404 e. The summed E-state index contributed by atoms with van der Waals surface area (Å²) in [7, 11) is 3.00. The van der Waals surface area contributed by atoms with Gasteiger partial charge in [0.15, 0.2) is 11.6 Å². The third-order valence-electron chi connectivity index (χ3n) is 5.47. The molecule has 2 amide bonds. The van der Waals surface area contributed by atoms with E-state index >= 15 is 0 Å². The van der Waals surface area contributed by atoms with Crippen molar-refractivity contribution in [1.82, 2.24) is 10.3 Å². The van der Waals surface area contributed by atoms with E-state index in [4.69, 9.17) is 20.3 Å². The predicted molar refractivity (Wildman–Crippen MR) is 121 cm³/mol. The topological polar surface area (TPSA) is 148 Å². The molecule has 1 fully saturated rings. The van der Waals surface area contributed by atoms with Gasteiger partial charge in [-0.1, -0.05) is 6.92 Å². The molecule has 0 unspecified atom stereocenters. The third-order valence-corrected chi connectivity index (χ3v) is 5.47. The van der Waals surface area contributed by atoms with E-state index in [-0.39, 0.29) is 29.2 Å². The van der Waals surface area contributed by atoms with Crippen LogP contribution in [0.25, 0.3) is 0 Å². The number of nitrogens with two attached hydrogens (primary N) is 1. The first-order valence-electron chi connectivity index (χ1n) is 10.5. The van der Waals surface area contributed by atoms with Crippen molar-refractivity contribution in [3.63, 3.8) is 0 Å². The van der Waals surface area contributed by atoms with Crippen molar-refractivity contribution < 1.29 is 28.6 Å². The Morgan fingerprint density at radius 3 is 2.30 bits per heavy atom. The van der Waals surface area contributed by atoms with Gasteiger partial charge >= 0.3 is 6.09 Å². The molecule has 0 saturated heterocycles. The van der Waals surface area contributed by atoms with E-state index in [1.165, 1.54) is 14.2 Å². The number of carbonyl (C=O) groups excluding carboxylic acids is 1. The summed E-state index contributed by atoms with van der Waals surface area (Å²) in [4.78, 5) is 27.5. The summed E-state index contributed by atoms with van der Waals surface area (Å²) in [5.74, 6) is -0.528. The highest BCUT2D eigenvalue weighted by atomic mass is 19.1. The first-order chi connectivity index (χ1) is 15.7. The van der Waals surface area contributed by atoms with Crippen molar-refractivity contribution in [2.75, 3.05) is 24.9 Å². The number of hydrogen-bond acceptors (Lipinski definition) is 7. The molecular formula is C22H28FN5O5. The van der Waals surface area contributed by atoms with Crippen molar-refractivity contribution >= 4 is 29.3 Å². The van der Waals surface area contributed by atoms with E-state index in [0.717, 1.165) is 18.9 Å². The predicted octanol–water partition coefficient (Wildman–Crippen LogP) is 3.32. The summed E-state index contributed by atoms with van der Waals surface area (Å²) in [6, 6.07) is 5.19. The Kier molecular flexibility index (Phi) is 7.41. The van der Waals surface area contributed by atoms with E-state index in [2.05, 4.69) is 20.9 Å². The number of halogens is 1. The molecule has 1 aliphatic rings. The number of methoxy groups -OCH3 is 2. The van der Waals surface area contributed by atoms with Crippen LogP contribution in [0.1, 0.15) is 36.5 Å². The second-order valence-corrected chi connectivity index (χ2v) is 7.78. The van der Waals surface area contributed by atoms with Gasteiger partial charge in [-0.05, 0) is 31.2 Å². The van der Waals surface area contributed by atoms with Gasteiger partial charge in [0, 0.05) is 23.9 Å². The van der Waals surface area contributed by atoms with Crippen LogP contribution in [-0.2, 0) is 0 Å². The lowest BCUT2D eigenvalue weighted by Gasteiger charge is -2.28. The van der Waals surface area contributed by atoms with Crippen LogP contribution in [0.3, 0.4) is 0 Å². The summed E-state index contributed by atoms with van der Waals surface area (Å²) in [5.41, 5.74) is 5.80. The average molecular weight is 461 g/mol. The van der Waals surface area contributed by atoms with Crippen molar-refractivity contribution in [2.45, 2.75) is 38.3 Å². The van der Waals surface area contributed by atoms with Gasteiger partial charge in [0.2, 0.25) is 0 Å². The molecule has 1 heterocycles. The SMILES string of the molecule is CC[C@H](NC(=O)O)[C@H](Nc1nc(Nc2cc(OC)cc(OC)c2)c(C(N)=O)cc1F)C1CC1. The average Bonchev–Trinajstić information content (AvgIpc) is 3.62. The molecule has 11 heteroatoms. The number of hydrogen-bond donors (Lipinski definition) is 5. The molecule has 1 aromatic heterocycles. The zero-order valence-electron chi connectivity index (χ0n) is 18.6. The van der Waals surface area contributed by atoms with Gasteiger partial charge in [-0.3, -0.25) is 4.79 Å². The van der Waals surface area contributed by atoms with E-state index in [9.17, 15) is 14.0 Å². The molecule has 2 aromatic rings. The molecule has 0 spiro atoms. The monoisotopic (exact) mass is 461 g/mol. The van der Waals surface area contributed by atoms with Crippen molar-refractivity contribution in [3.8, 4) is 11.5 Å². The number of benzene rings is 1. The number of carboxylic acid groups (broad SMARTS) is 1. The fourth-order valence-electron chi connectivity index (χ4n) is 3.65. The van der Waals surface area contributed by atoms with Crippen LogP contribution in [0.5, 0.6) is 11.5 Å². The molecule has 6 N–H and O–H groups in total. The lowest BCUT2D eigenvalue weighted by atomic mass is 10.0. The largest absolute Gasteiger partial charge is 0.497 e. The van der Waals surface area contributed by atoms with Crippen LogP contribution in [0.15, 0.2) is 24.3 Å². The molecule has 2 atom stereocenters. The molecule has 1 aromatic carbocycles. The second kappa shape index (κ2) is 10.2. The van der Waals surface area contributed by atoms with Crippen LogP contribution in [0.4, 0.5) is 26.5 Å². The minimum Gasteiger partial charge on any atom is -0.497 e. The molecule has 1 saturated carbocycles. The molecule has 0 bridgehead atoms. The van der Waals surface area contributed by atoms with E-state index in [0.29, 0.717) is 23.6 Å². The van der Waals surface area contributed by atoms with Gasteiger partial charge in [0.05, 0.1) is 31.9 Å². The van der Waals surface area contributed by atoms with Crippen LogP contribution < -0.4 is 31.2 Å². The van der Waals surface area contributed by atoms with Gasteiger partial charge < -0.3 is 36.3 Å². The fourth-order valence-corrected chi connectivity index (χ4v) is 3.65. The van der Waals surface area contributed by atoms with Crippen LogP contribution >= 0.6 is 0 Å². The Morgan fingerprint density at radius 1 is 1.18 bits per heavy atom. The van der Waals surface area contributed by atoms with Gasteiger partial charge in [-0.25, -0.2) is 14.2 Å². The van der Waals surface area contributed by atoms with Gasteiger partial charge in [0.25, 0.3) is 5.91 Å². The third kappa shape index (κ3) is 5.93. The number of ether oxygens (including phenoxy) is 2. The molecule has 178 valence electrons. The minimum atomic E-state index is -1.15. The Morgan fingerprint density at radius 2 is 1.82 bits per heavy atom. The number of nitrogens with one attached hydrogen (secondary N) is 3. The molecule has 3 rings (SSSR count). The summed E-state index contributed by atoms with van der Waals surface area (Å²) >= 11 is 0. The summed E-state index contributed by atoms with van der Waals surface area (Å²) < 4.78 is 25.4. The van der Waals surface area contributed by atoms with Crippen molar-refractivity contribution in [3.05, 3.63) is 35.6 Å². The normalized spacial score (nSPS) is 14.7. The van der Waals surface area contributed by atoms with Crippen LogP contribution in [-0.4, -0.2) is 48.4 Å². The molecule has 10 nitrogen and oxygen atoms in total. The van der Waals surface area contributed by atoms with Gasteiger partial charge in [0.1, 0.15) is 17.3 Å². The number of anilines is 3. The number of pyridine rings is 1. The number of amides is 2. The van der Waals surface area contributed by atoms with Crippen LogP contribution in [0.2, 0.25) is 0 Å². The van der Waals surface area contributed by atoms with E-state index in [1.807, 2.05) is 6.92 Å². The Hall–Kier alpha value is -3.76. The maximum atomic E-state index is 14.9. The highest BCUT2D eigenvalue weighted by Crippen LogP contribution is 2.37. The van der Waals surface area contributed by atoms with E-state index in [1.54, 1.807) is 18.2 Å². The zero-order valence-corrected chi connectivity index (χ0v) is 18.6. The number of aromatic nitrogens is 1. The van der Waals surface area contributed by atoms with Crippen molar-refractivity contribution in [1.29, 1.82) is 0 Å². The molecule has 0 radical (unpaired) electrons. The number of rotatable bonds is 11. The Balaban J connectivity index is 1.96. The summed E-state index contributed by atoms with van der Waals surface area (Å²) in [6.07, 6.45) is 1.15. The molecular weight excluding hydrogens is 433 g/mol. The summed E-state index contributed by atoms with van der Waals surface area (Å²) in [5, 5.41) is 17.7. The Bertz CT molecular complexity index is 1010. The lowest BCUT2D eigenvalue weighted by Crippen LogP contribution is -2.47. The van der Waals surface area contributed by atoms with Crippen LogP contribution in [0, 0.1) is 11.7 Å². The summed E-state index contributed by atoms with van der Waals surface area (Å²) in [6.45, 7) is 1.85. The van der Waals surface area contributed by atoms with E-state index < -0.39 is 23.9 Å². The number of carbonyl (C=O) groups is 2. The highest BCUT2D eigenvalue weighted by Gasteiger charge is 2.37. The Labute approximate surface area is 190 Å². The number of nitrogens with zero attached hydrogens (tertiary/aromatic N) is 1. The standard InChI is InChI=1S/C22H28FN5O5/c1-4-17(26-22(30)31)18(11-5-6-11)27-21-16(23)10-15(19(24)29)20(28-21)25-12-7-13(32-2)9-14(8-12)33-3/h7-11,17-18,26H,4-6H2,1-3H3,(H2,24,29)(H,30,31)(H2,25,27,28)/t17-,18+/m0/s1. The molecule has 33 heavy (non-hydrogen) atoms. The lowest BCUT2D eigenvalue weighted by molar-refractivity contribution is 0.1000. The zero-order chi connectivity index (χ0) is 24.1. The molecule has 0 aliphatic heterocycles. The maximum absolute atomic E-state index is 14.9. The highest BCUT2D eigenvalue weighted by molar-refractivity contribution is 5.98. The second-order valence-electron chi connectivity index (χ2n) is 7.78. The van der Waals surface area contributed by atoms with Gasteiger partial charge in [-0.2, -0.15) is 0 Å². The maximum Gasteiger partial charge on any atom is 0.404 e. The number of primary amides is 1. The molecule has 1 aliphatic carbocycles. The first-order valence-corrected chi connectivity index (χ1v) is 10.5. The fraction of sp³-hybridized carbons (Fsp3) is 0.409. The van der Waals surface area contributed by atoms with Crippen molar-refractivity contribution in [2.24, 2.45) is 11.7 Å². The van der Waals surface area contributed by atoms with Gasteiger partial charge in [-0.15, -0.1) is 0 Å². The first kappa shape index (κ1) is 23.9. The quantitative estimate of drug-likeness (QED) is 0.342.